The van der Waals surface area contributed by atoms with E-state index in [1.54, 1.807) is 6.20 Å². The van der Waals surface area contributed by atoms with Gasteiger partial charge in [-0.3, -0.25) is 0 Å². The molecule has 3 heteroatoms. The van der Waals surface area contributed by atoms with Crippen molar-refractivity contribution in [1.82, 2.24) is 4.98 Å². The highest BCUT2D eigenvalue weighted by molar-refractivity contribution is 6.08. The zero-order valence-corrected chi connectivity index (χ0v) is 15.3. The second-order valence-electron chi connectivity index (χ2n) is 6.87. The molecule has 0 unspecified atom stereocenters. The highest BCUT2D eigenvalue weighted by atomic mass is 16.3. The third-order valence-electron chi connectivity index (χ3n) is 5.14. The topological polar surface area (TPSA) is 29.9 Å². The van der Waals surface area contributed by atoms with Crippen molar-refractivity contribution in [1.29, 1.82) is 0 Å². The maximum absolute atomic E-state index is 6.19. The van der Waals surface area contributed by atoms with Crippen LogP contribution in [0.25, 0.3) is 44.5 Å². The highest BCUT2D eigenvalue weighted by Crippen LogP contribution is 2.36. The van der Waals surface area contributed by atoms with E-state index in [4.69, 9.17) is 4.42 Å². The minimum Gasteiger partial charge on any atom is -0.437 e. The molecule has 3 aromatic heterocycles. The average molecular weight is 351 g/mol. The number of aromatic nitrogens is 2. The lowest BCUT2D eigenvalue weighted by Gasteiger charge is -2.08. The minimum atomic E-state index is 0.682. The first-order valence-electron chi connectivity index (χ1n) is 9.05. The summed E-state index contributed by atoms with van der Waals surface area (Å²) in [5, 5.41) is 2.15. The number of fused-ring (bicyclic) bond motifs is 3. The van der Waals surface area contributed by atoms with Crippen LogP contribution in [-0.4, -0.2) is 4.98 Å². The first kappa shape index (κ1) is 15.8. The van der Waals surface area contributed by atoms with Crippen LogP contribution < -0.4 is 4.57 Å². The molecule has 0 saturated heterocycles. The summed E-state index contributed by atoms with van der Waals surface area (Å²) in [5.41, 5.74) is 7.39. The maximum atomic E-state index is 6.19. The monoisotopic (exact) mass is 351 g/mol. The summed E-state index contributed by atoms with van der Waals surface area (Å²) in [5.74, 6) is 0. The van der Waals surface area contributed by atoms with Crippen LogP contribution in [0.4, 0.5) is 0 Å². The van der Waals surface area contributed by atoms with Crippen LogP contribution >= 0.6 is 0 Å². The smallest absolute Gasteiger partial charge is 0.227 e. The Balaban J connectivity index is 1.82. The van der Waals surface area contributed by atoms with E-state index in [-0.39, 0.29) is 0 Å². The molecule has 0 atom stereocenters. The number of hydrogen-bond acceptors (Lipinski definition) is 2. The van der Waals surface area contributed by atoms with E-state index in [0.29, 0.717) is 5.71 Å². The van der Waals surface area contributed by atoms with Crippen molar-refractivity contribution in [2.75, 3.05) is 0 Å². The molecule has 130 valence electrons. The van der Waals surface area contributed by atoms with Crippen LogP contribution in [0.5, 0.6) is 0 Å². The Bertz CT molecular complexity index is 1290. The van der Waals surface area contributed by atoms with Crippen LogP contribution in [0.3, 0.4) is 0 Å². The summed E-state index contributed by atoms with van der Waals surface area (Å²) >= 11 is 0. The van der Waals surface area contributed by atoms with Crippen LogP contribution in [0, 0.1) is 6.92 Å². The fourth-order valence-corrected chi connectivity index (χ4v) is 3.72. The third kappa shape index (κ3) is 2.51. The second kappa shape index (κ2) is 6.06. The molecule has 27 heavy (non-hydrogen) atoms. The Morgan fingerprint density at radius 1 is 0.852 bits per heavy atom. The predicted octanol–water partition coefficient (Wildman–Crippen LogP) is 5.45. The third-order valence-corrected chi connectivity index (χ3v) is 5.14. The fourth-order valence-electron chi connectivity index (χ4n) is 3.72. The second-order valence-corrected chi connectivity index (χ2v) is 6.87. The van der Waals surface area contributed by atoms with Crippen LogP contribution in [0.15, 0.2) is 83.5 Å². The van der Waals surface area contributed by atoms with Crippen molar-refractivity contribution in [2.24, 2.45) is 7.05 Å². The lowest BCUT2D eigenvalue weighted by molar-refractivity contribution is -0.660. The number of pyridine rings is 2. The fraction of sp³-hybridized carbons (Fsp3) is 0.0833. The van der Waals surface area contributed by atoms with Gasteiger partial charge in [0.25, 0.3) is 0 Å². The molecule has 0 aliphatic rings. The van der Waals surface area contributed by atoms with E-state index in [1.165, 1.54) is 16.7 Å². The molecule has 2 aromatic carbocycles. The van der Waals surface area contributed by atoms with Gasteiger partial charge >= 0.3 is 0 Å². The summed E-state index contributed by atoms with van der Waals surface area (Å²) in [6.07, 6.45) is 3.88. The highest BCUT2D eigenvalue weighted by Gasteiger charge is 2.21. The molecule has 5 aromatic rings. The van der Waals surface area contributed by atoms with Crippen molar-refractivity contribution >= 4 is 22.1 Å². The largest absolute Gasteiger partial charge is 0.437 e. The maximum Gasteiger partial charge on any atom is 0.227 e. The van der Waals surface area contributed by atoms with Gasteiger partial charge in [-0.2, -0.15) is 0 Å². The van der Waals surface area contributed by atoms with E-state index in [1.807, 2.05) is 12.1 Å². The molecule has 0 spiro atoms. The van der Waals surface area contributed by atoms with Gasteiger partial charge in [0.2, 0.25) is 11.4 Å². The standard InChI is InChI=1S/C24H19N2O/c1-16-10-11-19-20-9-6-13-25-24(20)27-23(19)22(16)21-15-18(12-14-26(21)2)17-7-4-3-5-8-17/h3-15H,1-2H3/q+1. The molecular weight excluding hydrogens is 332 g/mol. The van der Waals surface area contributed by atoms with Gasteiger partial charge in [-0.15, -0.1) is 0 Å². The van der Waals surface area contributed by atoms with Crippen molar-refractivity contribution in [3.8, 4) is 22.4 Å². The Kier molecular flexibility index (Phi) is 3.54. The summed E-state index contributed by atoms with van der Waals surface area (Å²) in [4.78, 5) is 4.40. The molecule has 0 aliphatic heterocycles. The lowest BCUT2D eigenvalue weighted by Crippen LogP contribution is -2.30. The molecule has 3 nitrogen and oxygen atoms in total. The van der Waals surface area contributed by atoms with Gasteiger partial charge in [0, 0.05) is 29.1 Å². The summed E-state index contributed by atoms with van der Waals surface area (Å²) in [6, 6.07) is 23.1. The van der Waals surface area contributed by atoms with Crippen LogP contribution in [0.1, 0.15) is 5.56 Å². The number of rotatable bonds is 2. The Labute approximate surface area is 157 Å². The number of benzene rings is 2. The first-order chi connectivity index (χ1) is 13.2. The molecule has 0 N–H and O–H groups in total. The Morgan fingerprint density at radius 3 is 2.56 bits per heavy atom. The van der Waals surface area contributed by atoms with Gasteiger partial charge in [0.15, 0.2) is 11.8 Å². The summed E-state index contributed by atoms with van der Waals surface area (Å²) in [6.45, 7) is 2.13. The molecule has 0 aliphatic carbocycles. The number of furan rings is 1. The average Bonchev–Trinajstić information content (AvgIpc) is 3.08. The van der Waals surface area contributed by atoms with Gasteiger partial charge in [0.05, 0.1) is 5.56 Å². The van der Waals surface area contributed by atoms with E-state index in [2.05, 4.69) is 84.3 Å². The van der Waals surface area contributed by atoms with Crippen LogP contribution in [-0.2, 0) is 7.05 Å². The molecule has 0 bridgehead atoms. The van der Waals surface area contributed by atoms with Crippen molar-refractivity contribution in [2.45, 2.75) is 6.92 Å². The SMILES string of the molecule is Cc1ccc2c(oc3ncccc32)c1-c1cc(-c2ccccc2)cc[n+]1C. The number of hydrogen-bond donors (Lipinski definition) is 0. The zero-order valence-electron chi connectivity index (χ0n) is 15.3. The normalized spacial score (nSPS) is 11.3. The quantitative estimate of drug-likeness (QED) is 0.396. The molecule has 0 radical (unpaired) electrons. The number of aryl methyl sites for hydroxylation is 2. The van der Waals surface area contributed by atoms with Gasteiger partial charge in [-0.1, -0.05) is 42.5 Å². The van der Waals surface area contributed by atoms with Gasteiger partial charge in [-0.05, 0) is 35.7 Å². The first-order valence-corrected chi connectivity index (χ1v) is 9.05. The lowest BCUT2D eigenvalue weighted by atomic mass is 9.98. The van der Waals surface area contributed by atoms with Gasteiger partial charge < -0.3 is 4.42 Å². The van der Waals surface area contributed by atoms with E-state index < -0.39 is 0 Å². The van der Waals surface area contributed by atoms with Gasteiger partial charge in [0.1, 0.15) is 7.05 Å². The van der Waals surface area contributed by atoms with Gasteiger partial charge in [-0.25, -0.2) is 9.55 Å². The predicted molar refractivity (Wildman–Crippen MR) is 108 cm³/mol. The molecule has 0 amide bonds. The molecule has 0 saturated carbocycles. The Hall–Kier alpha value is -3.46. The number of nitrogens with zero attached hydrogens (tertiary/aromatic N) is 2. The summed E-state index contributed by atoms with van der Waals surface area (Å²) < 4.78 is 8.34. The van der Waals surface area contributed by atoms with E-state index in [0.717, 1.165) is 27.6 Å². The van der Waals surface area contributed by atoms with E-state index in [9.17, 15) is 0 Å². The molecule has 5 rings (SSSR count). The molecule has 3 heterocycles. The van der Waals surface area contributed by atoms with E-state index >= 15 is 0 Å². The van der Waals surface area contributed by atoms with Crippen molar-refractivity contribution < 1.29 is 8.98 Å². The Morgan fingerprint density at radius 2 is 1.70 bits per heavy atom. The molecule has 0 fully saturated rings. The zero-order chi connectivity index (χ0) is 18.4. The molecular formula is C24H19N2O+. The van der Waals surface area contributed by atoms with Crippen molar-refractivity contribution in [3.05, 3.63) is 84.7 Å². The van der Waals surface area contributed by atoms with Crippen LogP contribution in [0.2, 0.25) is 0 Å². The van der Waals surface area contributed by atoms with Crippen molar-refractivity contribution in [3.63, 3.8) is 0 Å². The minimum absolute atomic E-state index is 0.682. The summed E-state index contributed by atoms with van der Waals surface area (Å²) in [7, 11) is 2.07.